The summed E-state index contributed by atoms with van der Waals surface area (Å²) in [5.41, 5.74) is 3.52. The van der Waals surface area contributed by atoms with Crippen molar-refractivity contribution in [3.05, 3.63) is 60.2 Å². The van der Waals surface area contributed by atoms with E-state index in [1.54, 1.807) is 12.1 Å². The van der Waals surface area contributed by atoms with Gasteiger partial charge >= 0.3 is 0 Å². The summed E-state index contributed by atoms with van der Waals surface area (Å²) in [4.78, 5) is 4.75. The summed E-state index contributed by atoms with van der Waals surface area (Å²) in [6.45, 7) is 0.954. The molecule has 128 valence electrons. The van der Waals surface area contributed by atoms with Crippen molar-refractivity contribution in [2.75, 3.05) is 6.54 Å². The molecule has 1 aliphatic rings. The lowest BCUT2D eigenvalue weighted by Crippen LogP contribution is -2.38. The van der Waals surface area contributed by atoms with Gasteiger partial charge in [0.1, 0.15) is 5.75 Å². The lowest BCUT2D eigenvalue weighted by atomic mass is 9.92. The maximum atomic E-state index is 11.0. The Hall–Kier alpha value is -2.43. The number of rotatable bonds is 3. The minimum absolute atomic E-state index is 0.0761. The molecule has 3 N–H and O–H groups in total. The Labute approximate surface area is 147 Å². The molecule has 0 radical (unpaired) electrons. The fourth-order valence-electron chi connectivity index (χ4n) is 3.59. The SMILES string of the molecule is Oc1ccc(-c2cc(C(O)C3CCCCN3)c3ccccc3n2)cc1. The quantitative estimate of drug-likeness (QED) is 0.682. The minimum Gasteiger partial charge on any atom is -0.508 e. The van der Waals surface area contributed by atoms with Crippen LogP contribution in [0.5, 0.6) is 5.75 Å². The van der Waals surface area contributed by atoms with Crippen LogP contribution in [0.4, 0.5) is 0 Å². The van der Waals surface area contributed by atoms with Crippen molar-refractivity contribution in [2.24, 2.45) is 0 Å². The Morgan fingerprint density at radius 3 is 2.60 bits per heavy atom. The highest BCUT2D eigenvalue weighted by Gasteiger charge is 2.25. The van der Waals surface area contributed by atoms with E-state index in [4.69, 9.17) is 4.98 Å². The second-order valence-corrected chi connectivity index (χ2v) is 6.66. The minimum atomic E-state index is -0.566. The standard InChI is InChI=1S/C21H22N2O2/c24-15-10-8-14(9-11-15)20-13-17(16-5-1-2-6-18(16)23-20)21(25)19-7-3-4-12-22-19/h1-2,5-6,8-11,13,19,21-22,24-25H,3-4,7,12H2. The number of fused-ring (bicyclic) bond motifs is 1. The molecule has 1 aromatic heterocycles. The van der Waals surface area contributed by atoms with Gasteiger partial charge in [0.05, 0.1) is 17.3 Å². The van der Waals surface area contributed by atoms with Gasteiger partial charge in [-0.1, -0.05) is 24.6 Å². The van der Waals surface area contributed by atoms with Crippen LogP contribution in [0.15, 0.2) is 54.6 Å². The zero-order chi connectivity index (χ0) is 17.2. The molecule has 2 atom stereocenters. The van der Waals surface area contributed by atoms with Crippen molar-refractivity contribution in [1.29, 1.82) is 0 Å². The molecule has 3 aromatic rings. The molecule has 4 rings (SSSR count). The molecule has 0 aliphatic carbocycles. The Bertz CT molecular complexity index is 871. The molecule has 25 heavy (non-hydrogen) atoms. The summed E-state index contributed by atoms with van der Waals surface area (Å²) < 4.78 is 0. The highest BCUT2D eigenvalue weighted by molar-refractivity contribution is 5.85. The van der Waals surface area contributed by atoms with E-state index in [1.807, 2.05) is 42.5 Å². The van der Waals surface area contributed by atoms with Gasteiger partial charge in [-0.05, 0) is 61.3 Å². The number of hydrogen-bond acceptors (Lipinski definition) is 4. The summed E-state index contributed by atoms with van der Waals surface area (Å²) in [6.07, 6.45) is 2.72. The molecule has 1 fully saturated rings. The molecule has 1 aliphatic heterocycles. The van der Waals surface area contributed by atoms with Crippen LogP contribution in [0.2, 0.25) is 0 Å². The van der Waals surface area contributed by atoms with Crippen LogP contribution in [0, 0.1) is 0 Å². The monoisotopic (exact) mass is 334 g/mol. The molecule has 0 spiro atoms. The molecule has 2 aromatic carbocycles. The summed E-state index contributed by atoms with van der Waals surface area (Å²) in [7, 11) is 0. The summed E-state index contributed by atoms with van der Waals surface area (Å²) in [5.74, 6) is 0.233. The Balaban J connectivity index is 1.82. The number of hydrogen-bond donors (Lipinski definition) is 3. The summed E-state index contributed by atoms with van der Waals surface area (Å²) in [6, 6.07) is 17.0. The van der Waals surface area contributed by atoms with E-state index < -0.39 is 6.10 Å². The maximum absolute atomic E-state index is 11.0. The second-order valence-electron chi connectivity index (χ2n) is 6.66. The van der Waals surface area contributed by atoms with Crippen molar-refractivity contribution in [3.8, 4) is 17.0 Å². The molecule has 0 bridgehead atoms. The predicted molar refractivity (Wildman–Crippen MR) is 99.4 cm³/mol. The van der Waals surface area contributed by atoms with Crippen LogP contribution < -0.4 is 5.32 Å². The topological polar surface area (TPSA) is 65.4 Å². The van der Waals surface area contributed by atoms with Crippen molar-refractivity contribution >= 4 is 10.9 Å². The van der Waals surface area contributed by atoms with Gasteiger partial charge in [0, 0.05) is 17.0 Å². The third-order valence-corrected chi connectivity index (χ3v) is 4.96. The number of piperidine rings is 1. The normalized spacial score (nSPS) is 19.0. The number of nitrogens with zero attached hydrogens (tertiary/aromatic N) is 1. The number of aliphatic hydroxyl groups is 1. The number of phenols is 1. The second kappa shape index (κ2) is 6.82. The van der Waals surface area contributed by atoms with Gasteiger partial charge in [0.2, 0.25) is 0 Å². The van der Waals surface area contributed by atoms with Gasteiger partial charge in [-0.15, -0.1) is 0 Å². The number of aromatic hydroxyl groups is 1. The van der Waals surface area contributed by atoms with Crippen LogP contribution in [-0.4, -0.2) is 27.8 Å². The number of aliphatic hydroxyl groups excluding tert-OH is 1. The van der Waals surface area contributed by atoms with Crippen molar-refractivity contribution in [1.82, 2.24) is 10.3 Å². The molecule has 4 heteroatoms. The third kappa shape index (κ3) is 3.23. The smallest absolute Gasteiger partial charge is 0.115 e. The van der Waals surface area contributed by atoms with Gasteiger partial charge in [-0.3, -0.25) is 0 Å². The first-order valence-corrected chi connectivity index (χ1v) is 8.83. The van der Waals surface area contributed by atoms with Crippen LogP contribution in [0.1, 0.15) is 30.9 Å². The molecular formula is C21H22N2O2. The highest BCUT2D eigenvalue weighted by Crippen LogP contribution is 2.32. The van der Waals surface area contributed by atoms with E-state index in [9.17, 15) is 10.2 Å². The van der Waals surface area contributed by atoms with Gasteiger partial charge in [0.25, 0.3) is 0 Å². The Morgan fingerprint density at radius 2 is 1.84 bits per heavy atom. The number of phenolic OH excluding ortho intramolecular Hbond substituents is 1. The van der Waals surface area contributed by atoms with Crippen LogP contribution in [-0.2, 0) is 0 Å². The third-order valence-electron chi connectivity index (χ3n) is 4.96. The lowest BCUT2D eigenvalue weighted by Gasteiger charge is -2.29. The number of para-hydroxylation sites is 1. The van der Waals surface area contributed by atoms with Gasteiger partial charge in [0.15, 0.2) is 0 Å². The molecule has 1 saturated heterocycles. The number of aromatic nitrogens is 1. The number of pyridine rings is 1. The lowest BCUT2D eigenvalue weighted by molar-refractivity contribution is 0.115. The Morgan fingerprint density at radius 1 is 1.04 bits per heavy atom. The van der Waals surface area contributed by atoms with E-state index in [-0.39, 0.29) is 11.8 Å². The molecule has 0 saturated carbocycles. The first-order valence-electron chi connectivity index (χ1n) is 8.83. The largest absolute Gasteiger partial charge is 0.508 e. The molecule has 4 nitrogen and oxygen atoms in total. The van der Waals surface area contributed by atoms with Crippen molar-refractivity contribution in [2.45, 2.75) is 31.4 Å². The Kier molecular flexibility index (Phi) is 4.38. The summed E-state index contributed by atoms with van der Waals surface area (Å²) >= 11 is 0. The average Bonchev–Trinajstić information content (AvgIpc) is 2.68. The predicted octanol–water partition coefficient (Wildman–Crippen LogP) is 3.78. The average molecular weight is 334 g/mol. The molecule has 2 unspecified atom stereocenters. The number of benzene rings is 2. The summed E-state index contributed by atoms with van der Waals surface area (Å²) in [5, 5.41) is 25.0. The van der Waals surface area contributed by atoms with E-state index in [0.717, 1.165) is 47.1 Å². The molecule has 2 heterocycles. The van der Waals surface area contributed by atoms with Crippen molar-refractivity contribution in [3.63, 3.8) is 0 Å². The molecular weight excluding hydrogens is 312 g/mol. The molecule has 0 amide bonds. The maximum Gasteiger partial charge on any atom is 0.115 e. The highest BCUT2D eigenvalue weighted by atomic mass is 16.3. The zero-order valence-electron chi connectivity index (χ0n) is 14.0. The van der Waals surface area contributed by atoms with Gasteiger partial charge in [-0.2, -0.15) is 0 Å². The van der Waals surface area contributed by atoms with Crippen LogP contribution in [0.3, 0.4) is 0 Å². The van der Waals surface area contributed by atoms with E-state index in [0.29, 0.717) is 0 Å². The van der Waals surface area contributed by atoms with Crippen molar-refractivity contribution < 1.29 is 10.2 Å². The fraction of sp³-hybridized carbons (Fsp3) is 0.286. The van der Waals surface area contributed by atoms with Gasteiger partial charge < -0.3 is 15.5 Å². The van der Waals surface area contributed by atoms with Gasteiger partial charge in [-0.25, -0.2) is 4.98 Å². The zero-order valence-corrected chi connectivity index (χ0v) is 14.0. The van der Waals surface area contributed by atoms with E-state index in [2.05, 4.69) is 5.32 Å². The van der Waals surface area contributed by atoms with E-state index >= 15 is 0 Å². The first kappa shape index (κ1) is 16.1. The fourth-order valence-corrected chi connectivity index (χ4v) is 3.59. The first-order chi connectivity index (χ1) is 12.2. The number of nitrogens with one attached hydrogen (secondary N) is 1. The van der Waals surface area contributed by atoms with Crippen LogP contribution in [0.25, 0.3) is 22.2 Å². The van der Waals surface area contributed by atoms with E-state index in [1.165, 1.54) is 6.42 Å². The van der Waals surface area contributed by atoms with Crippen LogP contribution >= 0.6 is 0 Å².